The maximum atomic E-state index is 12.4. The number of primary amides is 1. The number of anilines is 1. The molecular weight excluding hydrogens is 328 g/mol. The Kier molecular flexibility index (Phi) is 5.35. The fourth-order valence-electron chi connectivity index (χ4n) is 2.17. The molecule has 0 saturated carbocycles. The van der Waals surface area contributed by atoms with Gasteiger partial charge in [-0.15, -0.1) is 11.3 Å². The van der Waals surface area contributed by atoms with Crippen molar-refractivity contribution in [2.24, 2.45) is 5.73 Å². The number of esters is 1. The average Bonchev–Trinajstić information content (AvgIpc) is 2.84. The van der Waals surface area contributed by atoms with Gasteiger partial charge in [0.1, 0.15) is 5.00 Å². The van der Waals surface area contributed by atoms with Crippen molar-refractivity contribution in [1.29, 1.82) is 0 Å². The number of amides is 2. The van der Waals surface area contributed by atoms with Gasteiger partial charge in [-0.3, -0.25) is 9.59 Å². The zero-order valence-corrected chi connectivity index (χ0v) is 14.5. The summed E-state index contributed by atoms with van der Waals surface area (Å²) in [6.07, 6.45) is 0. The summed E-state index contributed by atoms with van der Waals surface area (Å²) >= 11 is 0.967. The molecule has 0 spiro atoms. The van der Waals surface area contributed by atoms with Crippen LogP contribution < -0.4 is 11.1 Å². The molecular formula is C17H18N2O4S. The van der Waals surface area contributed by atoms with E-state index in [0.717, 1.165) is 16.9 Å². The average molecular weight is 346 g/mol. The normalized spacial score (nSPS) is 10.3. The molecule has 0 aliphatic rings. The van der Waals surface area contributed by atoms with Crippen LogP contribution in [-0.2, 0) is 4.74 Å². The van der Waals surface area contributed by atoms with Crippen LogP contribution in [0.3, 0.4) is 0 Å². The van der Waals surface area contributed by atoms with Gasteiger partial charge in [0, 0.05) is 5.56 Å². The first-order valence-electron chi connectivity index (χ1n) is 7.33. The van der Waals surface area contributed by atoms with Crippen LogP contribution in [-0.4, -0.2) is 24.4 Å². The van der Waals surface area contributed by atoms with Crippen LogP contribution in [0.5, 0.6) is 0 Å². The number of benzene rings is 1. The Hall–Kier alpha value is -2.67. The minimum Gasteiger partial charge on any atom is -0.462 e. The Morgan fingerprint density at radius 2 is 1.79 bits per heavy atom. The lowest BCUT2D eigenvalue weighted by Crippen LogP contribution is -2.15. The quantitative estimate of drug-likeness (QED) is 0.813. The van der Waals surface area contributed by atoms with Crippen molar-refractivity contribution in [1.82, 2.24) is 0 Å². The molecule has 2 amide bonds. The molecule has 0 atom stereocenters. The molecule has 0 saturated heterocycles. The van der Waals surface area contributed by atoms with Crippen LogP contribution >= 0.6 is 11.3 Å². The Labute approximate surface area is 143 Å². The van der Waals surface area contributed by atoms with Crippen LogP contribution in [0.25, 0.3) is 0 Å². The standard InChI is InChI=1S/C17H18N2O4S/c1-4-23-17(22)12-10(3)13(14(18)20)24-16(12)19-15(21)11-7-5-9(2)6-8-11/h5-8H,4H2,1-3H3,(H2,18,20)(H,19,21). The van der Waals surface area contributed by atoms with E-state index in [-0.39, 0.29) is 28.0 Å². The van der Waals surface area contributed by atoms with Crippen LogP contribution in [0.4, 0.5) is 5.00 Å². The van der Waals surface area contributed by atoms with Gasteiger partial charge in [0.25, 0.3) is 11.8 Å². The summed E-state index contributed by atoms with van der Waals surface area (Å²) in [7, 11) is 0. The molecule has 1 aromatic carbocycles. The van der Waals surface area contributed by atoms with Crippen molar-refractivity contribution >= 4 is 34.1 Å². The third kappa shape index (κ3) is 3.62. The molecule has 24 heavy (non-hydrogen) atoms. The lowest BCUT2D eigenvalue weighted by molar-refractivity contribution is 0.0527. The van der Waals surface area contributed by atoms with Crippen LogP contribution in [0.1, 0.15) is 48.4 Å². The number of carbonyl (C=O) groups is 3. The molecule has 0 bridgehead atoms. The van der Waals surface area contributed by atoms with Crippen molar-refractivity contribution < 1.29 is 19.1 Å². The SMILES string of the molecule is CCOC(=O)c1c(NC(=O)c2ccc(C)cc2)sc(C(N)=O)c1C. The molecule has 6 nitrogen and oxygen atoms in total. The van der Waals surface area contributed by atoms with Gasteiger partial charge in [-0.2, -0.15) is 0 Å². The first-order chi connectivity index (χ1) is 11.3. The van der Waals surface area contributed by atoms with E-state index in [4.69, 9.17) is 10.5 Å². The summed E-state index contributed by atoms with van der Waals surface area (Å²) in [5.74, 6) is -1.63. The lowest BCUT2D eigenvalue weighted by Gasteiger charge is -2.07. The molecule has 0 aliphatic carbocycles. The molecule has 0 aliphatic heterocycles. The highest BCUT2D eigenvalue weighted by Gasteiger charge is 2.25. The van der Waals surface area contributed by atoms with Gasteiger partial charge in [0.05, 0.1) is 17.0 Å². The largest absolute Gasteiger partial charge is 0.462 e. The van der Waals surface area contributed by atoms with Gasteiger partial charge in [-0.1, -0.05) is 17.7 Å². The van der Waals surface area contributed by atoms with Crippen molar-refractivity contribution in [2.45, 2.75) is 20.8 Å². The first kappa shape index (κ1) is 17.7. The second kappa shape index (κ2) is 7.27. The molecule has 2 rings (SSSR count). The van der Waals surface area contributed by atoms with E-state index < -0.39 is 11.9 Å². The summed E-state index contributed by atoms with van der Waals surface area (Å²) in [5.41, 5.74) is 7.38. The maximum absolute atomic E-state index is 12.4. The minimum atomic E-state index is -0.654. The number of hydrogen-bond acceptors (Lipinski definition) is 5. The fourth-order valence-corrected chi connectivity index (χ4v) is 3.21. The highest BCUT2D eigenvalue weighted by atomic mass is 32.1. The molecule has 0 fully saturated rings. The third-order valence-electron chi connectivity index (χ3n) is 3.39. The van der Waals surface area contributed by atoms with Gasteiger partial charge in [0.15, 0.2) is 0 Å². The fraction of sp³-hybridized carbons (Fsp3) is 0.235. The minimum absolute atomic E-state index is 0.163. The molecule has 1 heterocycles. The van der Waals surface area contributed by atoms with E-state index in [1.807, 2.05) is 19.1 Å². The Bertz CT molecular complexity index is 794. The second-order valence-electron chi connectivity index (χ2n) is 5.17. The molecule has 7 heteroatoms. The van der Waals surface area contributed by atoms with E-state index >= 15 is 0 Å². The number of nitrogens with two attached hydrogens (primary N) is 1. The number of rotatable bonds is 5. The highest BCUT2D eigenvalue weighted by Crippen LogP contribution is 2.33. The smallest absolute Gasteiger partial charge is 0.341 e. The van der Waals surface area contributed by atoms with Crippen molar-refractivity contribution in [2.75, 3.05) is 11.9 Å². The van der Waals surface area contributed by atoms with Gasteiger partial charge in [0.2, 0.25) is 0 Å². The summed E-state index contributed by atoms with van der Waals surface area (Å²) in [4.78, 5) is 36.3. The monoisotopic (exact) mass is 346 g/mol. The summed E-state index contributed by atoms with van der Waals surface area (Å²) < 4.78 is 5.01. The number of thiophene rings is 1. The Morgan fingerprint density at radius 3 is 2.33 bits per heavy atom. The number of aryl methyl sites for hydroxylation is 1. The topological polar surface area (TPSA) is 98.5 Å². The van der Waals surface area contributed by atoms with E-state index in [1.165, 1.54) is 0 Å². The van der Waals surface area contributed by atoms with E-state index in [1.54, 1.807) is 26.0 Å². The van der Waals surface area contributed by atoms with E-state index in [0.29, 0.717) is 11.1 Å². The van der Waals surface area contributed by atoms with E-state index in [9.17, 15) is 14.4 Å². The van der Waals surface area contributed by atoms with Gasteiger partial charge >= 0.3 is 5.97 Å². The predicted molar refractivity (Wildman–Crippen MR) is 92.7 cm³/mol. The Morgan fingerprint density at radius 1 is 1.17 bits per heavy atom. The molecule has 3 N–H and O–H groups in total. The van der Waals surface area contributed by atoms with Crippen molar-refractivity contribution in [3.05, 3.63) is 51.4 Å². The molecule has 0 unspecified atom stereocenters. The maximum Gasteiger partial charge on any atom is 0.341 e. The molecule has 0 radical (unpaired) electrons. The van der Waals surface area contributed by atoms with Crippen LogP contribution in [0.2, 0.25) is 0 Å². The van der Waals surface area contributed by atoms with Crippen molar-refractivity contribution in [3.8, 4) is 0 Å². The first-order valence-corrected chi connectivity index (χ1v) is 8.15. The summed E-state index contributed by atoms with van der Waals surface area (Å²) in [6.45, 7) is 5.39. The molecule has 1 aromatic heterocycles. The van der Waals surface area contributed by atoms with E-state index in [2.05, 4.69) is 5.32 Å². The van der Waals surface area contributed by atoms with Crippen molar-refractivity contribution in [3.63, 3.8) is 0 Å². The number of ether oxygens (including phenoxy) is 1. The molecule has 2 aromatic rings. The van der Waals surface area contributed by atoms with Crippen LogP contribution in [0, 0.1) is 13.8 Å². The number of carbonyl (C=O) groups excluding carboxylic acids is 3. The highest BCUT2D eigenvalue weighted by molar-refractivity contribution is 7.18. The number of nitrogens with one attached hydrogen (secondary N) is 1. The third-order valence-corrected chi connectivity index (χ3v) is 4.61. The van der Waals surface area contributed by atoms with Gasteiger partial charge < -0.3 is 15.8 Å². The zero-order chi connectivity index (χ0) is 17.9. The second-order valence-corrected chi connectivity index (χ2v) is 6.19. The Balaban J connectivity index is 2.39. The lowest BCUT2D eigenvalue weighted by atomic mass is 10.1. The van der Waals surface area contributed by atoms with Gasteiger partial charge in [-0.25, -0.2) is 4.79 Å². The van der Waals surface area contributed by atoms with Crippen LogP contribution in [0.15, 0.2) is 24.3 Å². The number of hydrogen-bond donors (Lipinski definition) is 2. The summed E-state index contributed by atoms with van der Waals surface area (Å²) in [5, 5.41) is 2.93. The summed E-state index contributed by atoms with van der Waals surface area (Å²) in [6, 6.07) is 7.00. The zero-order valence-electron chi connectivity index (χ0n) is 13.6. The predicted octanol–water partition coefficient (Wildman–Crippen LogP) is 2.89. The molecule has 126 valence electrons. The van der Waals surface area contributed by atoms with Gasteiger partial charge in [-0.05, 0) is 38.5 Å².